The Hall–Kier alpha value is -0.420. The number of hydrogen-bond acceptors (Lipinski definition) is 4. The number of hydrogen-bond donors (Lipinski definition) is 0. The third-order valence-electron chi connectivity index (χ3n) is 4.07. The number of carbonyl (C=O) groups excluding carboxylic acids is 1. The highest BCUT2D eigenvalue weighted by Gasteiger charge is 2.36. The normalized spacial score (nSPS) is 18.2. The summed E-state index contributed by atoms with van der Waals surface area (Å²) < 4.78 is 5.86. The SMILES string of the molecule is COCCN(C(C)C(=O)c1ccc(Cl)s1)C(C)C1CC1. The number of Topliss-reactive ketones (excluding diaryl/α,β-unsaturated/α-hetero) is 1. The molecule has 0 spiro atoms. The van der Waals surface area contributed by atoms with Crippen molar-refractivity contribution in [2.75, 3.05) is 20.3 Å². The number of halogens is 1. The van der Waals surface area contributed by atoms with E-state index in [0.717, 1.165) is 17.3 Å². The maximum atomic E-state index is 12.6. The van der Waals surface area contributed by atoms with Gasteiger partial charge in [0.1, 0.15) is 0 Å². The predicted molar refractivity (Wildman–Crippen MR) is 83.9 cm³/mol. The van der Waals surface area contributed by atoms with Crippen LogP contribution >= 0.6 is 22.9 Å². The summed E-state index contributed by atoms with van der Waals surface area (Å²) in [5, 5.41) is 0. The van der Waals surface area contributed by atoms with Crippen LogP contribution in [0.2, 0.25) is 4.34 Å². The minimum atomic E-state index is -0.129. The first-order valence-electron chi connectivity index (χ1n) is 7.08. The molecule has 3 nitrogen and oxygen atoms in total. The van der Waals surface area contributed by atoms with E-state index < -0.39 is 0 Å². The molecule has 2 unspecified atom stereocenters. The van der Waals surface area contributed by atoms with Crippen LogP contribution in [-0.2, 0) is 4.74 Å². The second-order valence-electron chi connectivity index (χ2n) is 5.45. The molecule has 20 heavy (non-hydrogen) atoms. The third kappa shape index (κ3) is 3.82. The number of thiophene rings is 1. The van der Waals surface area contributed by atoms with Crippen molar-refractivity contribution in [1.82, 2.24) is 4.90 Å². The van der Waals surface area contributed by atoms with Crippen molar-refractivity contribution in [2.45, 2.75) is 38.8 Å². The van der Waals surface area contributed by atoms with Gasteiger partial charge < -0.3 is 4.74 Å². The average Bonchev–Trinajstić information content (AvgIpc) is 3.20. The Morgan fingerprint density at radius 1 is 1.50 bits per heavy atom. The molecule has 0 bridgehead atoms. The van der Waals surface area contributed by atoms with Crippen LogP contribution in [0.3, 0.4) is 0 Å². The second-order valence-corrected chi connectivity index (χ2v) is 7.17. The van der Waals surface area contributed by atoms with E-state index in [4.69, 9.17) is 16.3 Å². The predicted octanol–water partition coefficient (Wildman–Crippen LogP) is 3.72. The molecule has 0 aliphatic heterocycles. The number of methoxy groups -OCH3 is 1. The Morgan fingerprint density at radius 2 is 2.20 bits per heavy atom. The first-order chi connectivity index (χ1) is 9.54. The summed E-state index contributed by atoms with van der Waals surface area (Å²) in [6.07, 6.45) is 2.55. The average molecular weight is 316 g/mol. The van der Waals surface area contributed by atoms with Crippen molar-refractivity contribution in [3.8, 4) is 0 Å². The Labute approximate surface area is 129 Å². The zero-order valence-electron chi connectivity index (χ0n) is 12.3. The van der Waals surface area contributed by atoms with Gasteiger partial charge >= 0.3 is 0 Å². The number of carbonyl (C=O) groups is 1. The number of ether oxygens (including phenoxy) is 1. The van der Waals surface area contributed by atoms with Crippen molar-refractivity contribution in [2.24, 2.45) is 5.92 Å². The summed E-state index contributed by atoms with van der Waals surface area (Å²) in [4.78, 5) is 15.6. The van der Waals surface area contributed by atoms with E-state index in [9.17, 15) is 4.79 Å². The molecule has 1 aliphatic carbocycles. The molecule has 2 atom stereocenters. The number of ketones is 1. The van der Waals surface area contributed by atoms with Gasteiger partial charge in [0.25, 0.3) is 0 Å². The minimum absolute atomic E-state index is 0.129. The minimum Gasteiger partial charge on any atom is -0.383 e. The standard InChI is InChI=1S/C15H22ClNO2S/c1-10(12-4-5-12)17(8-9-19-3)11(2)15(18)13-6-7-14(16)20-13/h6-7,10-12H,4-5,8-9H2,1-3H3. The van der Waals surface area contributed by atoms with E-state index in [1.807, 2.05) is 13.0 Å². The molecular formula is C15H22ClNO2S. The third-order valence-corrected chi connectivity index (χ3v) is 5.32. The highest BCUT2D eigenvalue weighted by molar-refractivity contribution is 7.18. The second kappa shape index (κ2) is 7.03. The molecule has 0 radical (unpaired) electrons. The number of rotatable bonds is 8. The van der Waals surface area contributed by atoms with Gasteiger partial charge in [-0.2, -0.15) is 0 Å². The van der Waals surface area contributed by atoms with Gasteiger partial charge in [-0.15, -0.1) is 11.3 Å². The summed E-state index contributed by atoms with van der Waals surface area (Å²) in [7, 11) is 1.70. The summed E-state index contributed by atoms with van der Waals surface area (Å²) >= 11 is 7.29. The van der Waals surface area contributed by atoms with E-state index >= 15 is 0 Å². The molecule has 0 saturated heterocycles. The molecular weight excluding hydrogens is 294 g/mol. The summed E-state index contributed by atoms with van der Waals surface area (Å²) in [6, 6.07) is 3.91. The Bertz CT molecular complexity index is 458. The van der Waals surface area contributed by atoms with Gasteiger partial charge in [-0.25, -0.2) is 0 Å². The van der Waals surface area contributed by atoms with Crippen molar-refractivity contribution >= 4 is 28.7 Å². The van der Waals surface area contributed by atoms with E-state index in [0.29, 0.717) is 17.0 Å². The molecule has 112 valence electrons. The van der Waals surface area contributed by atoms with Crippen LogP contribution in [0.4, 0.5) is 0 Å². The van der Waals surface area contributed by atoms with Crippen molar-refractivity contribution in [3.63, 3.8) is 0 Å². The summed E-state index contributed by atoms with van der Waals surface area (Å²) in [5.41, 5.74) is 0. The lowest BCUT2D eigenvalue weighted by atomic mass is 10.1. The van der Waals surface area contributed by atoms with E-state index in [-0.39, 0.29) is 11.8 Å². The van der Waals surface area contributed by atoms with Crippen LogP contribution in [0.5, 0.6) is 0 Å². The summed E-state index contributed by atoms with van der Waals surface area (Å²) in [6.45, 7) is 5.66. The molecule has 0 N–H and O–H groups in total. The lowest BCUT2D eigenvalue weighted by molar-refractivity contribution is 0.0643. The van der Waals surface area contributed by atoms with E-state index in [1.54, 1.807) is 13.2 Å². The Morgan fingerprint density at radius 3 is 2.70 bits per heavy atom. The largest absolute Gasteiger partial charge is 0.383 e. The fourth-order valence-electron chi connectivity index (χ4n) is 2.60. The van der Waals surface area contributed by atoms with Gasteiger partial charge in [-0.05, 0) is 44.7 Å². The molecule has 5 heteroatoms. The fourth-order valence-corrected chi connectivity index (χ4v) is 3.67. The van der Waals surface area contributed by atoms with Crippen LogP contribution < -0.4 is 0 Å². The maximum Gasteiger partial charge on any atom is 0.189 e. The van der Waals surface area contributed by atoms with Gasteiger partial charge in [0.15, 0.2) is 5.78 Å². The molecule has 1 heterocycles. The van der Waals surface area contributed by atoms with Crippen molar-refractivity contribution in [1.29, 1.82) is 0 Å². The molecule has 0 amide bonds. The van der Waals surface area contributed by atoms with Crippen LogP contribution in [-0.4, -0.2) is 43.0 Å². The quantitative estimate of drug-likeness (QED) is 0.685. The highest BCUT2D eigenvalue weighted by Crippen LogP contribution is 2.36. The van der Waals surface area contributed by atoms with Crippen LogP contribution in [0, 0.1) is 5.92 Å². The maximum absolute atomic E-state index is 12.6. The Kier molecular flexibility index (Phi) is 5.61. The lowest BCUT2D eigenvalue weighted by Crippen LogP contribution is -2.47. The fraction of sp³-hybridized carbons (Fsp3) is 0.667. The first kappa shape index (κ1) is 16.0. The lowest BCUT2D eigenvalue weighted by Gasteiger charge is -2.33. The molecule has 1 aliphatic rings. The molecule has 1 aromatic rings. The smallest absolute Gasteiger partial charge is 0.189 e. The van der Waals surface area contributed by atoms with Gasteiger partial charge in [-0.3, -0.25) is 9.69 Å². The zero-order chi connectivity index (χ0) is 14.7. The first-order valence-corrected chi connectivity index (χ1v) is 8.28. The monoisotopic (exact) mass is 315 g/mol. The molecule has 1 saturated carbocycles. The molecule has 1 fully saturated rings. The van der Waals surface area contributed by atoms with E-state index in [1.165, 1.54) is 24.2 Å². The summed E-state index contributed by atoms with van der Waals surface area (Å²) in [5.74, 6) is 0.888. The van der Waals surface area contributed by atoms with E-state index in [2.05, 4.69) is 11.8 Å². The van der Waals surface area contributed by atoms with Crippen LogP contribution in [0.25, 0.3) is 0 Å². The molecule has 1 aromatic heterocycles. The van der Waals surface area contributed by atoms with Gasteiger partial charge in [0, 0.05) is 19.7 Å². The number of nitrogens with zero attached hydrogens (tertiary/aromatic N) is 1. The Balaban J connectivity index is 2.07. The molecule has 0 aromatic carbocycles. The van der Waals surface area contributed by atoms with Gasteiger partial charge in [-0.1, -0.05) is 11.6 Å². The van der Waals surface area contributed by atoms with Crippen LogP contribution in [0.1, 0.15) is 36.4 Å². The van der Waals surface area contributed by atoms with Crippen molar-refractivity contribution in [3.05, 3.63) is 21.3 Å². The van der Waals surface area contributed by atoms with Crippen LogP contribution in [0.15, 0.2) is 12.1 Å². The highest BCUT2D eigenvalue weighted by atomic mass is 35.5. The van der Waals surface area contributed by atoms with Gasteiger partial charge in [0.05, 0.1) is 21.9 Å². The van der Waals surface area contributed by atoms with Crippen molar-refractivity contribution < 1.29 is 9.53 Å². The zero-order valence-corrected chi connectivity index (χ0v) is 13.8. The van der Waals surface area contributed by atoms with Gasteiger partial charge in [0.2, 0.25) is 0 Å². The topological polar surface area (TPSA) is 29.5 Å². The molecule has 2 rings (SSSR count).